The largest absolute Gasteiger partial charge is 0.480 e. The van der Waals surface area contributed by atoms with E-state index in [0.717, 1.165) is 13.0 Å². The molecule has 0 aromatic carbocycles. The number of rotatable bonds is 9. The summed E-state index contributed by atoms with van der Waals surface area (Å²) in [6.07, 6.45) is 10.4. The molecule has 0 spiro atoms. The summed E-state index contributed by atoms with van der Waals surface area (Å²) in [7, 11) is 2.21. The average Bonchev–Trinajstić information content (AvgIpc) is 2.75. The van der Waals surface area contributed by atoms with Gasteiger partial charge in [0.25, 0.3) is 0 Å². The van der Waals surface area contributed by atoms with Crippen LogP contribution in [0.1, 0.15) is 71.6 Å². The van der Waals surface area contributed by atoms with E-state index in [9.17, 15) is 9.90 Å². The highest BCUT2D eigenvalue weighted by atomic mass is 16.4. The van der Waals surface area contributed by atoms with Gasteiger partial charge in [0.15, 0.2) is 0 Å². The number of carbonyl (C=O) groups is 1. The molecule has 1 fully saturated rings. The summed E-state index contributed by atoms with van der Waals surface area (Å²) in [5.74, 6) is -0.705. The second kappa shape index (κ2) is 9.42. The zero-order chi connectivity index (χ0) is 15.7. The van der Waals surface area contributed by atoms with E-state index in [1.807, 2.05) is 13.8 Å². The minimum Gasteiger partial charge on any atom is -0.480 e. The molecule has 4 nitrogen and oxygen atoms in total. The molecule has 1 saturated carbocycles. The molecule has 0 radical (unpaired) electrons. The third-order valence-corrected chi connectivity index (χ3v) is 5.09. The van der Waals surface area contributed by atoms with Crippen LogP contribution in [0, 0.1) is 0 Å². The average molecular weight is 298 g/mol. The molecule has 1 unspecified atom stereocenters. The molecule has 2 N–H and O–H groups in total. The minimum atomic E-state index is -0.737. The fourth-order valence-corrected chi connectivity index (χ4v) is 3.57. The van der Waals surface area contributed by atoms with Gasteiger partial charge in [-0.2, -0.15) is 0 Å². The van der Waals surface area contributed by atoms with Gasteiger partial charge < -0.3 is 15.3 Å². The Morgan fingerprint density at radius 1 is 1.24 bits per heavy atom. The Morgan fingerprint density at radius 3 is 2.33 bits per heavy atom. The molecular formula is C17H34N2O2. The molecule has 1 aliphatic carbocycles. The summed E-state index contributed by atoms with van der Waals surface area (Å²) in [5, 5.41) is 12.7. The van der Waals surface area contributed by atoms with Crippen molar-refractivity contribution in [3.8, 4) is 0 Å². The van der Waals surface area contributed by atoms with Gasteiger partial charge in [-0.25, -0.2) is 0 Å². The number of nitrogens with zero attached hydrogens (tertiary/aromatic N) is 1. The van der Waals surface area contributed by atoms with Gasteiger partial charge in [0.05, 0.1) is 0 Å². The Morgan fingerprint density at radius 2 is 1.86 bits per heavy atom. The molecule has 0 aliphatic heterocycles. The van der Waals surface area contributed by atoms with Gasteiger partial charge >= 0.3 is 5.97 Å². The molecule has 0 heterocycles. The molecule has 0 saturated heterocycles. The number of carboxylic acid groups (broad SMARTS) is 1. The first kappa shape index (κ1) is 18.4. The first-order valence-electron chi connectivity index (χ1n) is 8.74. The Bertz CT molecular complexity index is 301. The smallest absolute Gasteiger partial charge is 0.323 e. The van der Waals surface area contributed by atoms with Crippen LogP contribution in [0.15, 0.2) is 0 Å². The maximum atomic E-state index is 11.6. The predicted molar refractivity (Wildman–Crippen MR) is 87.7 cm³/mol. The highest BCUT2D eigenvalue weighted by Gasteiger charge is 2.35. The monoisotopic (exact) mass is 298 g/mol. The van der Waals surface area contributed by atoms with Gasteiger partial charge in [0.1, 0.15) is 5.54 Å². The van der Waals surface area contributed by atoms with Gasteiger partial charge in [-0.1, -0.05) is 39.5 Å². The van der Waals surface area contributed by atoms with Crippen molar-refractivity contribution in [1.29, 1.82) is 0 Å². The normalized spacial score (nSPS) is 20.2. The van der Waals surface area contributed by atoms with Crippen molar-refractivity contribution in [2.24, 2.45) is 0 Å². The molecule has 21 heavy (non-hydrogen) atoms. The third kappa shape index (κ3) is 5.59. The fraction of sp³-hybridized carbons (Fsp3) is 0.941. The van der Waals surface area contributed by atoms with Crippen LogP contribution in [-0.2, 0) is 4.79 Å². The number of hydrogen-bond acceptors (Lipinski definition) is 3. The quantitative estimate of drug-likeness (QED) is 0.642. The molecule has 1 rings (SSSR count). The van der Waals surface area contributed by atoms with Crippen molar-refractivity contribution in [2.45, 2.75) is 83.2 Å². The van der Waals surface area contributed by atoms with Gasteiger partial charge in [-0.3, -0.25) is 4.79 Å². The van der Waals surface area contributed by atoms with E-state index in [-0.39, 0.29) is 0 Å². The van der Waals surface area contributed by atoms with E-state index in [4.69, 9.17) is 0 Å². The summed E-state index contributed by atoms with van der Waals surface area (Å²) < 4.78 is 0. The van der Waals surface area contributed by atoms with Gasteiger partial charge in [0, 0.05) is 6.04 Å². The summed E-state index contributed by atoms with van der Waals surface area (Å²) in [4.78, 5) is 14.0. The summed E-state index contributed by atoms with van der Waals surface area (Å²) in [6, 6.07) is 0.701. The zero-order valence-electron chi connectivity index (χ0n) is 14.2. The highest BCUT2D eigenvalue weighted by molar-refractivity contribution is 5.78. The molecule has 0 bridgehead atoms. The third-order valence-electron chi connectivity index (χ3n) is 5.09. The lowest BCUT2D eigenvalue weighted by Gasteiger charge is -2.31. The van der Waals surface area contributed by atoms with E-state index in [1.54, 1.807) is 0 Å². The lowest BCUT2D eigenvalue weighted by Crippen LogP contribution is -2.52. The Balaban J connectivity index is 2.43. The van der Waals surface area contributed by atoms with Crippen LogP contribution in [0.2, 0.25) is 0 Å². The fourth-order valence-electron chi connectivity index (χ4n) is 3.57. The first-order chi connectivity index (χ1) is 10.1. The van der Waals surface area contributed by atoms with E-state index in [0.29, 0.717) is 25.4 Å². The van der Waals surface area contributed by atoms with Gasteiger partial charge in [-0.15, -0.1) is 0 Å². The van der Waals surface area contributed by atoms with E-state index >= 15 is 0 Å². The molecule has 0 amide bonds. The summed E-state index contributed by atoms with van der Waals surface area (Å²) in [5.41, 5.74) is -0.737. The van der Waals surface area contributed by atoms with Crippen LogP contribution in [0.3, 0.4) is 0 Å². The van der Waals surface area contributed by atoms with Crippen molar-refractivity contribution in [2.75, 3.05) is 20.1 Å². The Kier molecular flexibility index (Phi) is 8.27. The number of hydrogen-bond donors (Lipinski definition) is 2. The van der Waals surface area contributed by atoms with Crippen molar-refractivity contribution < 1.29 is 9.90 Å². The molecule has 0 aromatic heterocycles. The molecule has 124 valence electrons. The van der Waals surface area contributed by atoms with Gasteiger partial charge in [-0.05, 0) is 52.2 Å². The lowest BCUT2D eigenvalue weighted by molar-refractivity contribution is -0.145. The van der Waals surface area contributed by atoms with Crippen LogP contribution in [0.25, 0.3) is 0 Å². The van der Waals surface area contributed by atoms with Crippen LogP contribution in [-0.4, -0.2) is 47.7 Å². The Hall–Kier alpha value is -0.610. The molecule has 1 atom stereocenters. The van der Waals surface area contributed by atoms with Crippen molar-refractivity contribution in [3.05, 3.63) is 0 Å². The predicted octanol–water partition coefficient (Wildman–Crippen LogP) is 3.26. The number of likely N-dealkylation sites (N-methyl/N-ethyl adjacent to an activating group) is 1. The summed E-state index contributed by atoms with van der Waals surface area (Å²) >= 11 is 0. The maximum Gasteiger partial charge on any atom is 0.323 e. The first-order valence-corrected chi connectivity index (χ1v) is 8.74. The molecule has 4 heteroatoms. The standard InChI is InChI=1S/C17H34N2O2/c1-4-17(16(20)21,18-5-2)13-10-14-19(3)15-11-8-6-7-9-12-15/h15,18H,4-14H2,1-3H3,(H,20,21). The molecule has 1 aliphatic rings. The number of carboxylic acids is 1. The second-order valence-corrected chi connectivity index (χ2v) is 6.50. The van der Waals surface area contributed by atoms with Crippen LogP contribution in [0.4, 0.5) is 0 Å². The van der Waals surface area contributed by atoms with Crippen LogP contribution in [0.5, 0.6) is 0 Å². The Labute approximate surface area is 130 Å². The minimum absolute atomic E-state index is 0.642. The van der Waals surface area contributed by atoms with Gasteiger partial charge in [0.2, 0.25) is 0 Å². The van der Waals surface area contributed by atoms with Crippen molar-refractivity contribution >= 4 is 5.97 Å². The van der Waals surface area contributed by atoms with E-state index in [1.165, 1.54) is 38.5 Å². The van der Waals surface area contributed by atoms with Crippen molar-refractivity contribution in [1.82, 2.24) is 10.2 Å². The maximum absolute atomic E-state index is 11.6. The second-order valence-electron chi connectivity index (χ2n) is 6.50. The van der Waals surface area contributed by atoms with E-state index < -0.39 is 11.5 Å². The number of aliphatic carboxylic acids is 1. The zero-order valence-corrected chi connectivity index (χ0v) is 14.2. The summed E-state index contributed by atoms with van der Waals surface area (Å²) in [6.45, 7) is 5.65. The number of nitrogens with one attached hydrogen (secondary N) is 1. The topological polar surface area (TPSA) is 52.6 Å². The highest BCUT2D eigenvalue weighted by Crippen LogP contribution is 2.23. The molecular weight excluding hydrogens is 264 g/mol. The lowest BCUT2D eigenvalue weighted by atomic mass is 9.90. The van der Waals surface area contributed by atoms with Crippen molar-refractivity contribution in [3.63, 3.8) is 0 Å². The molecule has 0 aromatic rings. The van der Waals surface area contributed by atoms with E-state index in [2.05, 4.69) is 17.3 Å². The van der Waals surface area contributed by atoms with Crippen LogP contribution >= 0.6 is 0 Å². The SMILES string of the molecule is CCNC(CC)(CCCN(C)C1CCCCCC1)C(=O)O. The van der Waals surface area contributed by atoms with Crippen LogP contribution < -0.4 is 5.32 Å².